The second kappa shape index (κ2) is 5.53. The monoisotopic (exact) mass is 262 g/mol. The summed E-state index contributed by atoms with van der Waals surface area (Å²) in [7, 11) is 0. The summed E-state index contributed by atoms with van der Waals surface area (Å²) in [6.45, 7) is 5.74. The molecule has 3 nitrogen and oxygen atoms in total. The Labute approximate surface area is 112 Å². The van der Waals surface area contributed by atoms with Crippen molar-refractivity contribution in [3.05, 3.63) is 47.0 Å². The lowest BCUT2D eigenvalue weighted by atomic mass is 10.1. The molecule has 0 spiro atoms. The van der Waals surface area contributed by atoms with E-state index in [0.29, 0.717) is 5.56 Å². The van der Waals surface area contributed by atoms with E-state index in [1.54, 1.807) is 17.7 Å². The minimum absolute atomic E-state index is 0.347. The summed E-state index contributed by atoms with van der Waals surface area (Å²) < 4.78 is 15.1. The normalized spacial score (nSPS) is 12.7. The van der Waals surface area contributed by atoms with Crippen LogP contribution in [0.4, 0.5) is 4.39 Å². The van der Waals surface area contributed by atoms with Crippen molar-refractivity contribution < 1.29 is 9.50 Å². The fourth-order valence-corrected chi connectivity index (χ4v) is 2.16. The molecule has 0 bridgehead atoms. The third-order valence-corrected chi connectivity index (χ3v) is 3.23. The Kier molecular flexibility index (Phi) is 4.00. The summed E-state index contributed by atoms with van der Waals surface area (Å²) in [5, 5.41) is 14.3. The van der Waals surface area contributed by atoms with Crippen LogP contribution in [0.15, 0.2) is 24.3 Å². The maximum atomic E-state index is 13.3. The molecule has 0 amide bonds. The lowest BCUT2D eigenvalue weighted by Crippen LogP contribution is -2.07. The number of hydrogen-bond acceptors (Lipinski definition) is 2. The van der Waals surface area contributed by atoms with Crippen LogP contribution in [-0.4, -0.2) is 14.9 Å². The number of nitrogens with zero attached hydrogens (tertiary/aromatic N) is 2. The Balaban J connectivity index is 2.60. The molecule has 0 aliphatic heterocycles. The number of aliphatic hydroxyl groups is 1. The van der Waals surface area contributed by atoms with E-state index in [1.165, 1.54) is 12.1 Å². The van der Waals surface area contributed by atoms with Gasteiger partial charge in [-0.05, 0) is 44.0 Å². The Morgan fingerprint density at radius 2 is 2.00 bits per heavy atom. The Morgan fingerprint density at radius 3 is 2.58 bits per heavy atom. The van der Waals surface area contributed by atoms with Crippen LogP contribution in [0.25, 0.3) is 5.69 Å². The van der Waals surface area contributed by atoms with Gasteiger partial charge in [0.05, 0.1) is 17.5 Å². The average Bonchev–Trinajstić information content (AvgIpc) is 2.81. The van der Waals surface area contributed by atoms with Gasteiger partial charge in [0.25, 0.3) is 0 Å². The molecule has 0 radical (unpaired) electrons. The maximum absolute atomic E-state index is 13.3. The standard InChI is InChI=1S/C15H19FN2O/c1-4-12-9-13(5-2)18(17-12)15-7-6-11(16)8-14(15)10(3)19/h6-10,19H,4-5H2,1-3H3. The first-order chi connectivity index (χ1) is 9.06. The molecule has 4 heteroatoms. The Hall–Kier alpha value is -1.68. The molecule has 0 aliphatic carbocycles. The lowest BCUT2D eigenvalue weighted by Gasteiger charge is -2.14. The number of hydrogen-bond donors (Lipinski definition) is 1. The quantitative estimate of drug-likeness (QED) is 0.919. The number of aromatic nitrogens is 2. The highest BCUT2D eigenvalue weighted by molar-refractivity contribution is 5.43. The smallest absolute Gasteiger partial charge is 0.123 e. The minimum Gasteiger partial charge on any atom is -0.389 e. The average molecular weight is 262 g/mol. The van der Waals surface area contributed by atoms with Crippen molar-refractivity contribution in [2.24, 2.45) is 0 Å². The molecule has 1 heterocycles. The topological polar surface area (TPSA) is 38.0 Å². The van der Waals surface area contributed by atoms with Crippen molar-refractivity contribution in [3.8, 4) is 5.69 Å². The van der Waals surface area contributed by atoms with Gasteiger partial charge in [-0.15, -0.1) is 0 Å². The van der Waals surface area contributed by atoms with Gasteiger partial charge in [-0.1, -0.05) is 13.8 Å². The van der Waals surface area contributed by atoms with Crippen molar-refractivity contribution in [1.82, 2.24) is 9.78 Å². The molecule has 0 aliphatic rings. The molecular formula is C15H19FN2O. The second-order valence-corrected chi connectivity index (χ2v) is 4.63. The van der Waals surface area contributed by atoms with Gasteiger partial charge < -0.3 is 5.11 Å². The molecular weight excluding hydrogens is 243 g/mol. The van der Waals surface area contributed by atoms with Crippen LogP contribution in [0.2, 0.25) is 0 Å². The summed E-state index contributed by atoms with van der Waals surface area (Å²) in [5.74, 6) is -0.347. The molecule has 102 valence electrons. The fourth-order valence-electron chi connectivity index (χ4n) is 2.16. The van der Waals surface area contributed by atoms with Crippen molar-refractivity contribution in [1.29, 1.82) is 0 Å². The van der Waals surface area contributed by atoms with Crippen LogP contribution in [0.1, 0.15) is 43.8 Å². The van der Waals surface area contributed by atoms with Crippen molar-refractivity contribution in [2.75, 3.05) is 0 Å². The Bertz CT molecular complexity index is 576. The van der Waals surface area contributed by atoms with E-state index >= 15 is 0 Å². The van der Waals surface area contributed by atoms with Gasteiger partial charge in [-0.3, -0.25) is 0 Å². The zero-order valence-corrected chi connectivity index (χ0v) is 11.5. The van der Waals surface area contributed by atoms with Crippen LogP contribution < -0.4 is 0 Å². The van der Waals surface area contributed by atoms with Gasteiger partial charge in [0.2, 0.25) is 0 Å². The zero-order chi connectivity index (χ0) is 14.0. The summed E-state index contributed by atoms with van der Waals surface area (Å²) >= 11 is 0. The van der Waals surface area contributed by atoms with E-state index in [-0.39, 0.29) is 5.82 Å². The maximum Gasteiger partial charge on any atom is 0.123 e. The summed E-state index contributed by atoms with van der Waals surface area (Å²) in [6.07, 6.45) is 0.958. The number of aliphatic hydroxyl groups excluding tert-OH is 1. The summed E-state index contributed by atoms with van der Waals surface area (Å²) in [6, 6.07) is 6.48. The molecule has 1 atom stereocenters. The third-order valence-electron chi connectivity index (χ3n) is 3.23. The first-order valence-corrected chi connectivity index (χ1v) is 6.62. The molecule has 0 fully saturated rings. The van der Waals surface area contributed by atoms with Crippen molar-refractivity contribution >= 4 is 0 Å². The number of rotatable bonds is 4. The van der Waals surface area contributed by atoms with Crippen LogP contribution in [0.5, 0.6) is 0 Å². The molecule has 1 aromatic heterocycles. The van der Waals surface area contributed by atoms with Gasteiger partial charge in [0.1, 0.15) is 5.82 Å². The minimum atomic E-state index is -0.732. The molecule has 1 aromatic carbocycles. The highest BCUT2D eigenvalue weighted by Gasteiger charge is 2.15. The SMILES string of the molecule is CCc1cc(CC)n(-c2ccc(F)cc2C(C)O)n1. The van der Waals surface area contributed by atoms with E-state index in [2.05, 4.69) is 18.1 Å². The highest BCUT2D eigenvalue weighted by atomic mass is 19.1. The van der Waals surface area contributed by atoms with E-state index in [0.717, 1.165) is 29.9 Å². The highest BCUT2D eigenvalue weighted by Crippen LogP contribution is 2.24. The van der Waals surface area contributed by atoms with Gasteiger partial charge in [0, 0.05) is 11.3 Å². The second-order valence-electron chi connectivity index (χ2n) is 4.63. The number of benzene rings is 1. The number of halogens is 1. The third kappa shape index (κ3) is 2.68. The largest absolute Gasteiger partial charge is 0.389 e. The van der Waals surface area contributed by atoms with Crippen LogP contribution >= 0.6 is 0 Å². The van der Waals surface area contributed by atoms with Gasteiger partial charge in [-0.2, -0.15) is 5.10 Å². The van der Waals surface area contributed by atoms with Crippen LogP contribution in [0, 0.1) is 5.82 Å². The van der Waals surface area contributed by atoms with Crippen LogP contribution in [0.3, 0.4) is 0 Å². The number of aryl methyl sites for hydroxylation is 2. The summed E-state index contributed by atoms with van der Waals surface area (Å²) in [4.78, 5) is 0. The van der Waals surface area contributed by atoms with Gasteiger partial charge in [0.15, 0.2) is 0 Å². The first kappa shape index (κ1) is 13.7. The van der Waals surface area contributed by atoms with Crippen molar-refractivity contribution in [3.63, 3.8) is 0 Å². The Morgan fingerprint density at radius 1 is 1.26 bits per heavy atom. The molecule has 19 heavy (non-hydrogen) atoms. The molecule has 0 saturated carbocycles. The molecule has 1 N–H and O–H groups in total. The van der Waals surface area contributed by atoms with Gasteiger partial charge in [-0.25, -0.2) is 9.07 Å². The molecule has 2 aromatic rings. The lowest BCUT2D eigenvalue weighted by molar-refractivity contribution is 0.198. The van der Waals surface area contributed by atoms with Crippen molar-refractivity contribution in [2.45, 2.75) is 39.7 Å². The zero-order valence-electron chi connectivity index (χ0n) is 11.5. The summed E-state index contributed by atoms with van der Waals surface area (Å²) in [5.41, 5.74) is 3.36. The fraction of sp³-hybridized carbons (Fsp3) is 0.400. The molecule has 2 rings (SSSR count). The van der Waals surface area contributed by atoms with E-state index in [1.807, 2.05) is 6.92 Å². The van der Waals surface area contributed by atoms with E-state index < -0.39 is 6.10 Å². The molecule has 1 unspecified atom stereocenters. The predicted molar refractivity (Wildman–Crippen MR) is 72.9 cm³/mol. The van der Waals surface area contributed by atoms with Gasteiger partial charge >= 0.3 is 0 Å². The van der Waals surface area contributed by atoms with E-state index in [4.69, 9.17) is 0 Å². The van der Waals surface area contributed by atoms with Crippen LogP contribution in [-0.2, 0) is 12.8 Å². The molecule has 0 saturated heterocycles. The van der Waals surface area contributed by atoms with E-state index in [9.17, 15) is 9.50 Å². The predicted octanol–water partition coefficient (Wildman–Crippen LogP) is 3.19. The first-order valence-electron chi connectivity index (χ1n) is 6.62.